The number of hydrogen-bond donors (Lipinski definition) is 1. The van der Waals surface area contributed by atoms with Gasteiger partial charge in [-0.05, 0) is 41.8 Å². The molecule has 2 aromatic carbocycles. The number of benzene rings is 2. The Labute approximate surface area is 134 Å². The lowest BCUT2D eigenvalue weighted by Crippen LogP contribution is -2.16. The zero-order chi connectivity index (χ0) is 16.4. The zero-order valence-electron chi connectivity index (χ0n) is 12.2. The number of ketones is 1. The van der Waals surface area contributed by atoms with Crippen molar-refractivity contribution in [1.82, 2.24) is 0 Å². The first-order valence-electron chi connectivity index (χ1n) is 7.12. The molecule has 0 saturated heterocycles. The molecule has 0 aromatic heterocycles. The fraction of sp³-hybridized carbons (Fsp3) is 0.176. The first-order chi connectivity index (χ1) is 11.0. The van der Waals surface area contributed by atoms with Crippen molar-refractivity contribution in [3.63, 3.8) is 0 Å². The summed E-state index contributed by atoms with van der Waals surface area (Å²) in [7, 11) is -3.72. The van der Waals surface area contributed by atoms with E-state index in [0.29, 0.717) is 30.6 Å². The molecule has 0 aliphatic heterocycles. The summed E-state index contributed by atoms with van der Waals surface area (Å²) in [6.45, 7) is 6.98. The van der Waals surface area contributed by atoms with E-state index in [1.54, 1.807) is 30.3 Å². The fourth-order valence-corrected chi connectivity index (χ4v) is 3.70. The number of nitrogens with zero attached hydrogens (tertiary/aromatic N) is 1. The van der Waals surface area contributed by atoms with Crippen LogP contribution < -0.4 is 4.72 Å². The number of aryl methyl sites for hydroxylation is 1. The second-order valence-electron chi connectivity index (χ2n) is 5.41. The van der Waals surface area contributed by atoms with Gasteiger partial charge in [-0.25, -0.2) is 13.3 Å². The molecule has 1 aliphatic carbocycles. The van der Waals surface area contributed by atoms with Crippen LogP contribution in [0.1, 0.15) is 17.5 Å². The Morgan fingerprint density at radius 1 is 1.04 bits per heavy atom. The van der Waals surface area contributed by atoms with Crippen LogP contribution in [0.5, 0.6) is 0 Å². The highest BCUT2D eigenvalue weighted by molar-refractivity contribution is 7.92. The molecule has 5 nitrogen and oxygen atoms in total. The first kappa shape index (κ1) is 15.3. The third-order valence-corrected chi connectivity index (χ3v) is 5.16. The van der Waals surface area contributed by atoms with Crippen molar-refractivity contribution in [2.24, 2.45) is 0 Å². The number of sulfonamides is 1. The molecule has 0 fully saturated rings. The Kier molecular flexibility index (Phi) is 3.89. The van der Waals surface area contributed by atoms with Crippen molar-refractivity contribution in [2.45, 2.75) is 24.2 Å². The molecule has 0 saturated carbocycles. The van der Waals surface area contributed by atoms with Crippen LogP contribution in [0.2, 0.25) is 0 Å². The lowest BCUT2D eigenvalue weighted by molar-refractivity contribution is -0.118. The van der Waals surface area contributed by atoms with Gasteiger partial charge >= 0.3 is 0 Å². The molecular formula is C17H14N2O3S. The average Bonchev–Trinajstić information content (AvgIpc) is 2.54. The minimum atomic E-state index is -3.72. The molecule has 23 heavy (non-hydrogen) atoms. The summed E-state index contributed by atoms with van der Waals surface area (Å²) in [6, 6.07) is 11.2. The van der Waals surface area contributed by atoms with Crippen LogP contribution in [0, 0.1) is 6.57 Å². The summed E-state index contributed by atoms with van der Waals surface area (Å²) in [5.41, 5.74) is 2.53. The number of carbonyl (C=O) groups is 1. The van der Waals surface area contributed by atoms with Gasteiger partial charge in [-0.1, -0.05) is 18.2 Å². The van der Waals surface area contributed by atoms with Gasteiger partial charge in [-0.3, -0.25) is 9.52 Å². The summed E-state index contributed by atoms with van der Waals surface area (Å²) in [6.07, 6.45) is 1.40. The van der Waals surface area contributed by atoms with E-state index in [1.165, 1.54) is 12.1 Å². The highest BCUT2D eigenvalue weighted by atomic mass is 32.2. The van der Waals surface area contributed by atoms with E-state index in [4.69, 9.17) is 6.57 Å². The Morgan fingerprint density at radius 2 is 1.87 bits per heavy atom. The number of anilines is 1. The highest BCUT2D eigenvalue weighted by Crippen LogP contribution is 2.25. The van der Waals surface area contributed by atoms with Crippen molar-refractivity contribution in [3.05, 3.63) is 65.0 Å². The van der Waals surface area contributed by atoms with Crippen LogP contribution in [-0.4, -0.2) is 14.2 Å². The molecule has 0 unspecified atom stereocenters. The van der Waals surface area contributed by atoms with E-state index >= 15 is 0 Å². The normalized spacial score (nSPS) is 14.0. The van der Waals surface area contributed by atoms with E-state index in [-0.39, 0.29) is 10.7 Å². The number of fused-ring (bicyclic) bond motifs is 1. The Balaban J connectivity index is 1.91. The van der Waals surface area contributed by atoms with Gasteiger partial charge in [0.05, 0.1) is 11.5 Å². The SMILES string of the molecule is [C-]#[N+]c1cccc(NS(=O)(=O)c2ccc3c(c2)CCC(=O)C3)c1. The Bertz CT molecular complexity index is 927. The predicted octanol–water partition coefficient (Wildman–Crippen LogP) is 3.10. The molecule has 0 spiro atoms. The summed E-state index contributed by atoms with van der Waals surface area (Å²) in [5, 5.41) is 0. The lowest BCUT2D eigenvalue weighted by Gasteiger charge is -2.16. The van der Waals surface area contributed by atoms with Gasteiger partial charge in [0.15, 0.2) is 5.69 Å². The molecule has 0 radical (unpaired) electrons. The standard InChI is InChI=1S/C17H14N2O3S/c1-18-14-3-2-4-15(11-14)19-23(21,22)17-8-6-12-9-16(20)7-5-13(12)10-17/h2-4,6,8,10-11,19H,5,7,9H2. The molecule has 0 bridgehead atoms. The summed E-state index contributed by atoms with van der Waals surface area (Å²) in [4.78, 5) is 14.9. The largest absolute Gasteiger partial charge is 0.299 e. The lowest BCUT2D eigenvalue weighted by atomic mass is 9.91. The van der Waals surface area contributed by atoms with E-state index < -0.39 is 10.0 Å². The summed E-state index contributed by atoms with van der Waals surface area (Å²) >= 11 is 0. The van der Waals surface area contributed by atoms with Crippen molar-refractivity contribution < 1.29 is 13.2 Å². The van der Waals surface area contributed by atoms with Gasteiger partial charge in [0.25, 0.3) is 10.0 Å². The molecule has 1 N–H and O–H groups in total. The summed E-state index contributed by atoms with van der Waals surface area (Å²) in [5.74, 6) is 0.183. The molecule has 0 amide bonds. The van der Waals surface area contributed by atoms with E-state index in [0.717, 1.165) is 11.1 Å². The van der Waals surface area contributed by atoms with E-state index in [1.807, 2.05) is 0 Å². The molecule has 2 aromatic rings. The van der Waals surface area contributed by atoms with Gasteiger partial charge in [0.1, 0.15) is 5.78 Å². The number of rotatable bonds is 3. The van der Waals surface area contributed by atoms with Crippen molar-refractivity contribution >= 4 is 27.2 Å². The monoisotopic (exact) mass is 326 g/mol. The molecule has 116 valence electrons. The van der Waals surface area contributed by atoms with Gasteiger partial charge in [-0.2, -0.15) is 0 Å². The van der Waals surface area contributed by atoms with Gasteiger partial charge in [0, 0.05) is 18.5 Å². The molecule has 3 rings (SSSR count). The van der Waals surface area contributed by atoms with Crippen LogP contribution in [0.15, 0.2) is 47.4 Å². The maximum atomic E-state index is 12.5. The van der Waals surface area contributed by atoms with Crippen molar-refractivity contribution in [3.8, 4) is 0 Å². The van der Waals surface area contributed by atoms with E-state index in [9.17, 15) is 13.2 Å². The number of carbonyl (C=O) groups excluding carboxylic acids is 1. The Morgan fingerprint density at radius 3 is 2.65 bits per heavy atom. The highest BCUT2D eigenvalue weighted by Gasteiger charge is 2.20. The second kappa shape index (κ2) is 5.86. The fourth-order valence-electron chi connectivity index (χ4n) is 2.60. The molecular weight excluding hydrogens is 312 g/mol. The smallest absolute Gasteiger partial charge is 0.261 e. The van der Waals surface area contributed by atoms with Crippen LogP contribution in [-0.2, 0) is 27.7 Å². The van der Waals surface area contributed by atoms with Gasteiger partial charge in [-0.15, -0.1) is 0 Å². The third kappa shape index (κ3) is 3.25. The third-order valence-electron chi connectivity index (χ3n) is 3.78. The maximum absolute atomic E-state index is 12.5. The quantitative estimate of drug-likeness (QED) is 0.881. The predicted molar refractivity (Wildman–Crippen MR) is 87.0 cm³/mol. The van der Waals surface area contributed by atoms with E-state index in [2.05, 4.69) is 9.57 Å². The average molecular weight is 326 g/mol. The Hall–Kier alpha value is -2.65. The minimum Gasteiger partial charge on any atom is -0.299 e. The van der Waals surface area contributed by atoms with Crippen LogP contribution in [0.4, 0.5) is 11.4 Å². The molecule has 6 heteroatoms. The number of Topliss-reactive ketones (excluding diaryl/α,β-unsaturated/α-hetero) is 1. The molecule has 0 heterocycles. The molecule has 0 atom stereocenters. The minimum absolute atomic E-state index is 0.166. The topological polar surface area (TPSA) is 67.6 Å². The van der Waals surface area contributed by atoms with Crippen molar-refractivity contribution in [2.75, 3.05) is 4.72 Å². The molecule has 1 aliphatic rings. The first-order valence-corrected chi connectivity index (χ1v) is 8.60. The number of hydrogen-bond acceptors (Lipinski definition) is 3. The zero-order valence-corrected chi connectivity index (χ0v) is 13.1. The van der Waals surface area contributed by atoms with Crippen molar-refractivity contribution in [1.29, 1.82) is 0 Å². The van der Waals surface area contributed by atoms with Gasteiger partial charge in [0.2, 0.25) is 0 Å². The van der Waals surface area contributed by atoms with Gasteiger partial charge < -0.3 is 0 Å². The second-order valence-corrected chi connectivity index (χ2v) is 7.10. The summed E-state index contributed by atoms with van der Waals surface area (Å²) < 4.78 is 27.5. The number of nitrogens with one attached hydrogen (secondary N) is 1. The maximum Gasteiger partial charge on any atom is 0.261 e. The van der Waals surface area contributed by atoms with Crippen LogP contribution in [0.3, 0.4) is 0 Å². The van der Waals surface area contributed by atoms with Crippen LogP contribution in [0.25, 0.3) is 4.85 Å². The van der Waals surface area contributed by atoms with Crippen LogP contribution >= 0.6 is 0 Å².